The number of fused-ring (bicyclic) bond motifs is 1. The lowest BCUT2D eigenvalue weighted by atomic mass is 10.2. The van der Waals surface area contributed by atoms with Gasteiger partial charge in [0.1, 0.15) is 10.8 Å². The number of hydrogen-bond acceptors (Lipinski definition) is 6. The van der Waals surface area contributed by atoms with Crippen molar-refractivity contribution in [1.29, 1.82) is 0 Å². The van der Waals surface area contributed by atoms with Crippen molar-refractivity contribution in [1.82, 2.24) is 9.97 Å². The number of carbonyl (C=O) groups is 1. The molecule has 0 fully saturated rings. The molecule has 2 heterocycles. The van der Waals surface area contributed by atoms with Crippen molar-refractivity contribution in [2.24, 2.45) is 0 Å². The molecule has 4 rings (SSSR count). The predicted molar refractivity (Wildman–Crippen MR) is 113 cm³/mol. The summed E-state index contributed by atoms with van der Waals surface area (Å²) < 4.78 is 18.1. The lowest BCUT2D eigenvalue weighted by Crippen LogP contribution is -2.14. The highest BCUT2D eigenvalue weighted by Gasteiger charge is 2.17. The van der Waals surface area contributed by atoms with Crippen molar-refractivity contribution in [3.05, 3.63) is 78.4 Å². The van der Waals surface area contributed by atoms with E-state index in [1.807, 2.05) is 12.1 Å². The zero-order valence-corrected chi connectivity index (χ0v) is 16.6. The monoisotopic (exact) mass is 421 g/mol. The molecule has 2 aromatic carbocycles. The first-order valence-corrected chi connectivity index (χ1v) is 9.72. The zero-order valence-electron chi connectivity index (χ0n) is 15.8. The summed E-state index contributed by atoms with van der Waals surface area (Å²) in [4.78, 5) is 21.9. The molecule has 0 unspecified atom stereocenters. The highest BCUT2D eigenvalue weighted by molar-refractivity contribution is 7.99. The van der Waals surface area contributed by atoms with Crippen LogP contribution in [0.4, 0.5) is 10.1 Å². The van der Waals surface area contributed by atoms with Crippen LogP contribution in [0.5, 0.6) is 11.5 Å². The first-order valence-electron chi connectivity index (χ1n) is 8.91. The van der Waals surface area contributed by atoms with Crippen LogP contribution < -0.4 is 10.1 Å². The molecule has 0 saturated heterocycles. The lowest BCUT2D eigenvalue weighted by molar-refractivity contribution is 0.101. The van der Waals surface area contributed by atoms with Crippen LogP contribution in [-0.4, -0.2) is 28.1 Å². The summed E-state index contributed by atoms with van der Waals surface area (Å²) in [6.45, 7) is 0. The van der Waals surface area contributed by atoms with Crippen LogP contribution in [0.2, 0.25) is 0 Å². The van der Waals surface area contributed by atoms with E-state index in [1.165, 1.54) is 43.3 Å². The van der Waals surface area contributed by atoms with Gasteiger partial charge >= 0.3 is 0 Å². The minimum Gasteiger partial charge on any atom is -0.503 e. The molecule has 0 saturated carbocycles. The number of nitrogens with zero attached hydrogens (tertiary/aromatic N) is 2. The normalized spacial score (nSPS) is 10.7. The summed E-state index contributed by atoms with van der Waals surface area (Å²) in [5, 5.41) is 14.4. The van der Waals surface area contributed by atoms with E-state index < -0.39 is 5.91 Å². The molecular formula is C22H16FN3O3S. The lowest BCUT2D eigenvalue weighted by Gasteiger charge is -2.09. The fourth-order valence-corrected chi connectivity index (χ4v) is 3.62. The molecule has 0 aliphatic rings. The van der Waals surface area contributed by atoms with E-state index in [9.17, 15) is 14.3 Å². The van der Waals surface area contributed by atoms with Crippen LogP contribution >= 0.6 is 11.8 Å². The van der Waals surface area contributed by atoms with E-state index in [4.69, 9.17) is 4.74 Å². The average molecular weight is 421 g/mol. The van der Waals surface area contributed by atoms with E-state index in [2.05, 4.69) is 15.3 Å². The Balaban J connectivity index is 1.54. The van der Waals surface area contributed by atoms with Crippen molar-refractivity contribution in [3.63, 3.8) is 0 Å². The Morgan fingerprint density at radius 1 is 1.10 bits per heavy atom. The predicted octanol–water partition coefficient (Wildman–Crippen LogP) is 4.89. The van der Waals surface area contributed by atoms with E-state index in [0.717, 1.165) is 20.8 Å². The Morgan fingerprint density at radius 3 is 2.67 bits per heavy atom. The van der Waals surface area contributed by atoms with Gasteiger partial charge in [0.25, 0.3) is 5.91 Å². The summed E-state index contributed by atoms with van der Waals surface area (Å²) in [7, 11) is 1.40. The number of amides is 1. The molecule has 4 aromatic rings. The number of methoxy groups -OCH3 is 1. The molecule has 0 spiro atoms. The molecular weight excluding hydrogens is 405 g/mol. The number of aromatic nitrogens is 2. The van der Waals surface area contributed by atoms with E-state index in [-0.39, 0.29) is 23.0 Å². The van der Waals surface area contributed by atoms with Crippen molar-refractivity contribution in [2.75, 3.05) is 12.4 Å². The topological polar surface area (TPSA) is 84.3 Å². The summed E-state index contributed by atoms with van der Waals surface area (Å²) >= 11 is 1.43. The van der Waals surface area contributed by atoms with Gasteiger partial charge in [0, 0.05) is 28.2 Å². The first kappa shape index (κ1) is 19.7. The Bertz CT molecular complexity index is 1230. The third kappa shape index (κ3) is 4.18. The fraction of sp³-hybridized carbons (Fsp3) is 0.0455. The van der Waals surface area contributed by atoms with Gasteiger partial charge in [0.15, 0.2) is 17.2 Å². The van der Waals surface area contributed by atoms with Gasteiger partial charge in [0.05, 0.1) is 12.6 Å². The second-order valence-corrected chi connectivity index (χ2v) is 7.37. The molecule has 2 N–H and O–H groups in total. The van der Waals surface area contributed by atoms with E-state index in [1.54, 1.807) is 30.3 Å². The van der Waals surface area contributed by atoms with Crippen LogP contribution in [0.15, 0.2) is 76.8 Å². The van der Waals surface area contributed by atoms with Gasteiger partial charge in [-0.15, -0.1) is 0 Å². The maximum atomic E-state index is 13.1. The first-order chi connectivity index (χ1) is 14.5. The molecule has 8 heteroatoms. The van der Waals surface area contributed by atoms with Gasteiger partial charge in [-0.05, 0) is 48.5 Å². The SMILES string of the molecule is COc1ccnc(C(=O)Nc2ccc3nc(Sc4ccc(F)cc4)ccc3c2)c1O. The second-order valence-electron chi connectivity index (χ2n) is 6.28. The largest absolute Gasteiger partial charge is 0.503 e. The third-order valence-electron chi connectivity index (χ3n) is 4.28. The maximum absolute atomic E-state index is 13.1. The van der Waals surface area contributed by atoms with Gasteiger partial charge in [-0.2, -0.15) is 0 Å². The van der Waals surface area contributed by atoms with Crippen molar-refractivity contribution < 1.29 is 19.0 Å². The highest BCUT2D eigenvalue weighted by atomic mass is 32.2. The fourth-order valence-electron chi connectivity index (χ4n) is 2.82. The smallest absolute Gasteiger partial charge is 0.278 e. The molecule has 1 amide bonds. The van der Waals surface area contributed by atoms with Gasteiger partial charge in [-0.25, -0.2) is 14.4 Å². The van der Waals surface area contributed by atoms with Crippen LogP contribution in [0.3, 0.4) is 0 Å². The number of anilines is 1. The number of rotatable bonds is 5. The Morgan fingerprint density at radius 2 is 1.90 bits per heavy atom. The van der Waals surface area contributed by atoms with Gasteiger partial charge in [-0.3, -0.25) is 4.79 Å². The molecule has 0 bridgehead atoms. The number of nitrogens with one attached hydrogen (secondary N) is 1. The third-order valence-corrected chi connectivity index (χ3v) is 5.22. The zero-order chi connectivity index (χ0) is 21.1. The minimum atomic E-state index is -0.554. The molecule has 0 aliphatic heterocycles. The summed E-state index contributed by atoms with van der Waals surface area (Å²) in [5.41, 5.74) is 1.17. The molecule has 30 heavy (non-hydrogen) atoms. The van der Waals surface area contributed by atoms with E-state index in [0.29, 0.717) is 5.69 Å². The number of benzene rings is 2. The van der Waals surface area contributed by atoms with Crippen LogP contribution in [-0.2, 0) is 0 Å². The summed E-state index contributed by atoms with van der Waals surface area (Å²) in [6.07, 6.45) is 1.39. The average Bonchev–Trinajstić information content (AvgIpc) is 2.75. The number of carbonyl (C=O) groups excluding carboxylic acids is 1. The second kappa shape index (κ2) is 8.38. The summed E-state index contributed by atoms with van der Waals surface area (Å²) in [6, 6.07) is 16.7. The minimum absolute atomic E-state index is 0.126. The van der Waals surface area contributed by atoms with Gasteiger partial charge in [-0.1, -0.05) is 17.8 Å². The molecule has 0 aliphatic carbocycles. The molecule has 0 radical (unpaired) electrons. The van der Waals surface area contributed by atoms with Crippen molar-refractivity contribution >= 4 is 34.3 Å². The van der Waals surface area contributed by atoms with Gasteiger partial charge in [0.2, 0.25) is 0 Å². The standard InChI is InChI=1S/C22H16FN3O3S/c1-29-18-10-11-24-20(21(18)27)22(28)25-15-5-8-17-13(12-15)2-9-19(26-17)30-16-6-3-14(23)4-7-16/h2-12,27H,1H3,(H,25,28). The summed E-state index contributed by atoms with van der Waals surface area (Å²) in [5.74, 6) is -0.980. The molecule has 6 nitrogen and oxygen atoms in total. The molecule has 0 atom stereocenters. The molecule has 2 aromatic heterocycles. The van der Waals surface area contributed by atoms with Gasteiger partial charge < -0.3 is 15.2 Å². The van der Waals surface area contributed by atoms with Crippen LogP contribution in [0.25, 0.3) is 10.9 Å². The van der Waals surface area contributed by atoms with Crippen molar-refractivity contribution in [3.8, 4) is 11.5 Å². The quantitative estimate of drug-likeness (QED) is 0.478. The Labute approximate surface area is 175 Å². The molecule has 150 valence electrons. The number of ether oxygens (including phenoxy) is 1. The van der Waals surface area contributed by atoms with Crippen molar-refractivity contribution in [2.45, 2.75) is 9.92 Å². The number of halogens is 1. The Hall–Kier alpha value is -3.65. The maximum Gasteiger partial charge on any atom is 0.278 e. The van der Waals surface area contributed by atoms with Crippen LogP contribution in [0.1, 0.15) is 10.5 Å². The number of pyridine rings is 2. The number of hydrogen-bond donors (Lipinski definition) is 2. The number of aromatic hydroxyl groups is 1. The highest BCUT2D eigenvalue weighted by Crippen LogP contribution is 2.30. The van der Waals surface area contributed by atoms with Crippen LogP contribution in [0, 0.1) is 5.82 Å². The van der Waals surface area contributed by atoms with E-state index >= 15 is 0 Å². The Kier molecular flexibility index (Phi) is 5.49.